The monoisotopic (exact) mass is 422 g/mol. The van der Waals surface area contributed by atoms with E-state index in [2.05, 4.69) is 5.32 Å². The molecule has 3 rings (SSSR count). The predicted octanol–water partition coefficient (Wildman–Crippen LogP) is 3.60. The number of carbonyl (C=O) groups excluding carboxylic acids is 1. The fourth-order valence-corrected chi connectivity index (χ4v) is 4.24. The van der Waals surface area contributed by atoms with Crippen LogP contribution in [0.5, 0.6) is 5.75 Å². The summed E-state index contributed by atoms with van der Waals surface area (Å²) in [6, 6.07) is 10.8. The number of carbonyl (C=O) groups is 1. The third-order valence-corrected chi connectivity index (χ3v) is 5.41. The highest BCUT2D eigenvalue weighted by atomic mass is 35.5. The molecule has 1 aliphatic carbocycles. The summed E-state index contributed by atoms with van der Waals surface area (Å²) in [5.41, 5.74) is 2.74. The molecule has 0 saturated carbocycles. The molecule has 0 heterocycles. The van der Waals surface area contributed by atoms with Crippen molar-refractivity contribution >= 4 is 29.1 Å². The number of hydrogen-bond donors (Lipinski definition) is 2. The van der Waals surface area contributed by atoms with E-state index in [0.717, 1.165) is 22.4 Å². The van der Waals surface area contributed by atoms with Gasteiger partial charge in [-0.3, -0.25) is 9.69 Å². The van der Waals surface area contributed by atoms with Crippen LogP contribution in [0.15, 0.2) is 36.4 Å². The first kappa shape index (κ1) is 20.9. The minimum Gasteiger partial charge on any atom is -0.494 e. The summed E-state index contributed by atoms with van der Waals surface area (Å²) in [5.74, 6) is 0.656. The van der Waals surface area contributed by atoms with Crippen LogP contribution in [0.25, 0.3) is 0 Å². The molecule has 2 unspecified atom stereocenters. The molecular weight excluding hydrogens is 399 g/mol. The number of likely N-dealkylation sites (N-methyl/N-ethyl adjacent to an activating group) is 1. The normalized spacial score (nSPS) is 18.2. The van der Waals surface area contributed by atoms with Crippen LogP contribution in [0, 0.1) is 0 Å². The van der Waals surface area contributed by atoms with E-state index in [4.69, 9.17) is 27.9 Å². The van der Waals surface area contributed by atoms with Crippen LogP contribution in [-0.4, -0.2) is 42.2 Å². The first-order valence-corrected chi connectivity index (χ1v) is 9.99. The average molecular weight is 423 g/mol. The Kier molecular flexibility index (Phi) is 6.83. The van der Waals surface area contributed by atoms with Gasteiger partial charge in [0, 0.05) is 23.0 Å². The molecule has 5 nitrogen and oxygen atoms in total. The molecule has 0 saturated heterocycles. The van der Waals surface area contributed by atoms with Crippen LogP contribution in [-0.2, 0) is 17.8 Å². The summed E-state index contributed by atoms with van der Waals surface area (Å²) < 4.78 is 5.48. The summed E-state index contributed by atoms with van der Waals surface area (Å²) >= 11 is 12.4. The highest BCUT2D eigenvalue weighted by Gasteiger charge is 2.36. The van der Waals surface area contributed by atoms with Crippen molar-refractivity contribution in [2.75, 3.05) is 20.2 Å². The van der Waals surface area contributed by atoms with Crippen LogP contribution >= 0.6 is 23.2 Å². The van der Waals surface area contributed by atoms with E-state index in [9.17, 15) is 9.90 Å². The molecule has 28 heavy (non-hydrogen) atoms. The van der Waals surface area contributed by atoms with Crippen molar-refractivity contribution < 1.29 is 14.6 Å². The molecular formula is C21H24Cl2N2O3. The summed E-state index contributed by atoms with van der Waals surface area (Å²) in [7, 11) is 1.81. The third kappa shape index (κ3) is 4.78. The van der Waals surface area contributed by atoms with E-state index in [1.807, 2.05) is 49.2 Å². The van der Waals surface area contributed by atoms with Crippen molar-refractivity contribution in [2.45, 2.75) is 32.0 Å². The van der Waals surface area contributed by atoms with E-state index in [-0.39, 0.29) is 18.5 Å². The Bertz CT molecular complexity index is 860. The summed E-state index contributed by atoms with van der Waals surface area (Å²) in [4.78, 5) is 14.3. The van der Waals surface area contributed by atoms with Crippen molar-refractivity contribution in [1.82, 2.24) is 10.2 Å². The molecule has 0 fully saturated rings. The van der Waals surface area contributed by atoms with Crippen LogP contribution in [0.3, 0.4) is 0 Å². The Hall–Kier alpha value is -1.79. The number of ether oxygens (including phenoxy) is 1. The Morgan fingerprint density at radius 1 is 1.32 bits per heavy atom. The van der Waals surface area contributed by atoms with Gasteiger partial charge in [-0.15, -0.1) is 0 Å². The van der Waals surface area contributed by atoms with Crippen LogP contribution in [0.2, 0.25) is 10.0 Å². The molecule has 0 radical (unpaired) electrons. The van der Waals surface area contributed by atoms with Gasteiger partial charge in [0.2, 0.25) is 5.91 Å². The van der Waals surface area contributed by atoms with Crippen molar-refractivity contribution in [3.8, 4) is 5.75 Å². The molecule has 150 valence electrons. The summed E-state index contributed by atoms with van der Waals surface area (Å²) in [6.07, 6.45) is -0.182. The highest BCUT2D eigenvalue weighted by Crippen LogP contribution is 2.40. The molecule has 0 aromatic heterocycles. The second-order valence-electron chi connectivity index (χ2n) is 6.94. The number of nitrogens with one attached hydrogen (secondary N) is 1. The number of fused-ring (bicyclic) bond motifs is 1. The average Bonchev–Trinajstić information content (AvgIpc) is 2.97. The van der Waals surface area contributed by atoms with Gasteiger partial charge in [-0.1, -0.05) is 35.3 Å². The van der Waals surface area contributed by atoms with Crippen molar-refractivity contribution in [3.05, 3.63) is 63.1 Å². The lowest BCUT2D eigenvalue weighted by Gasteiger charge is -2.27. The molecule has 2 aromatic carbocycles. The number of aliphatic hydroxyl groups is 1. The number of rotatable bonds is 7. The Morgan fingerprint density at radius 2 is 2.11 bits per heavy atom. The topological polar surface area (TPSA) is 61.8 Å². The molecule has 7 heteroatoms. The van der Waals surface area contributed by atoms with Gasteiger partial charge in [-0.05, 0) is 54.9 Å². The second-order valence-corrected chi connectivity index (χ2v) is 7.79. The Labute approximate surface area is 175 Å². The number of benzene rings is 2. The van der Waals surface area contributed by atoms with Gasteiger partial charge in [-0.2, -0.15) is 0 Å². The van der Waals surface area contributed by atoms with Crippen molar-refractivity contribution in [1.29, 1.82) is 0 Å². The van der Waals surface area contributed by atoms with Gasteiger partial charge in [-0.25, -0.2) is 0 Å². The summed E-state index contributed by atoms with van der Waals surface area (Å²) in [6.45, 7) is 3.09. The Balaban J connectivity index is 1.61. The van der Waals surface area contributed by atoms with Gasteiger partial charge in [0.25, 0.3) is 0 Å². The highest BCUT2D eigenvalue weighted by molar-refractivity contribution is 6.35. The second kappa shape index (κ2) is 9.14. The van der Waals surface area contributed by atoms with E-state index < -0.39 is 6.10 Å². The smallest absolute Gasteiger partial charge is 0.234 e. The number of aliphatic hydroxyl groups excluding tert-OH is 1. The maximum atomic E-state index is 12.4. The lowest BCUT2D eigenvalue weighted by molar-refractivity contribution is -0.123. The maximum Gasteiger partial charge on any atom is 0.234 e. The number of halogens is 2. The van der Waals surface area contributed by atoms with Gasteiger partial charge in [0.15, 0.2) is 0 Å². The van der Waals surface area contributed by atoms with Crippen LogP contribution < -0.4 is 10.1 Å². The van der Waals surface area contributed by atoms with E-state index in [1.165, 1.54) is 0 Å². The van der Waals surface area contributed by atoms with Gasteiger partial charge >= 0.3 is 0 Å². The minimum absolute atomic E-state index is 0.127. The van der Waals surface area contributed by atoms with Gasteiger partial charge in [0.1, 0.15) is 5.75 Å². The molecule has 2 aromatic rings. The number of amides is 1. The zero-order chi connectivity index (χ0) is 20.3. The van der Waals surface area contributed by atoms with Crippen LogP contribution in [0.4, 0.5) is 0 Å². The quantitative estimate of drug-likeness (QED) is 0.715. The van der Waals surface area contributed by atoms with Gasteiger partial charge < -0.3 is 15.2 Å². The molecule has 0 spiro atoms. The maximum absolute atomic E-state index is 12.4. The Morgan fingerprint density at radius 3 is 2.86 bits per heavy atom. The lowest BCUT2D eigenvalue weighted by atomic mass is 10.1. The molecule has 2 atom stereocenters. The molecule has 1 aliphatic rings. The van der Waals surface area contributed by atoms with Gasteiger partial charge in [0.05, 0.1) is 25.3 Å². The zero-order valence-corrected chi connectivity index (χ0v) is 17.4. The van der Waals surface area contributed by atoms with E-state index >= 15 is 0 Å². The predicted molar refractivity (Wildman–Crippen MR) is 111 cm³/mol. The fraction of sp³-hybridized carbons (Fsp3) is 0.381. The zero-order valence-electron chi connectivity index (χ0n) is 15.9. The molecule has 1 amide bonds. The SMILES string of the molecule is CCOc1cccc(CNC(=O)CN(C)C2c3cc(Cl)cc(Cl)c3CC2O)c1. The lowest BCUT2D eigenvalue weighted by Crippen LogP contribution is -2.39. The number of nitrogens with zero attached hydrogens (tertiary/aromatic N) is 1. The first-order valence-electron chi connectivity index (χ1n) is 9.23. The summed E-state index contributed by atoms with van der Waals surface area (Å²) in [5, 5.41) is 14.5. The third-order valence-electron chi connectivity index (χ3n) is 4.86. The van der Waals surface area contributed by atoms with Crippen molar-refractivity contribution in [3.63, 3.8) is 0 Å². The van der Waals surface area contributed by atoms with E-state index in [1.54, 1.807) is 6.07 Å². The minimum atomic E-state index is -0.633. The molecule has 0 aliphatic heterocycles. The number of hydrogen-bond acceptors (Lipinski definition) is 4. The first-order chi connectivity index (χ1) is 13.4. The van der Waals surface area contributed by atoms with Crippen molar-refractivity contribution in [2.24, 2.45) is 0 Å². The standard InChI is InChI=1S/C21H24Cl2N2O3/c1-3-28-15-6-4-5-13(7-15)11-24-20(27)12-25(2)21-17-8-14(22)9-18(23)16(17)10-19(21)26/h4-9,19,21,26H,3,10-12H2,1-2H3,(H,24,27). The van der Waals surface area contributed by atoms with E-state index in [0.29, 0.717) is 29.6 Å². The fourth-order valence-electron chi connectivity index (χ4n) is 3.66. The molecule has 0 bridgehead atoms. The van der Waals surface area contributed by atoms with Crippen LogP contribution in [0.1, 0.15) is 29.7 Å². The largest absolute Gasteiger partial charge is 0.494 e. The molecule has 2 N–H and O–H groups in total.